The molecule has 3 amide bonds. The van der Waals surface area contributed by atoms with E-state index in [2.05, 4.69) is 17.6 Å². The van der Waals surface area contributed by atoms with E-state index in [1.807, 2.05) is 24.3 Å². The summed E-state index contributed by atoms with van der Waals surface area (Å²) in [5.41, 5.74) is 1.89. The van der Waals surface area contributed by atoms with Gasteiger partial charge in [-0.3, -0.25) is 4.79 Å². The van der Waals surface area contributed by atoms with Crippen molar-refractivity contribution in [1.29, 1.82) is 0 Å². The summed E-state index contributed by atoms with van der Waals surface area (Å²) < 4.78 is 0. The molecule has 5 nitrogen and oxygen atoms in total. The number of rotatable bonds is 4. The summed E-state index contributed by atoms with van der Waals surface area (Å²) >= 11 is 0. The lowest BCUT2D eigenvalue weighted by atomic mass is 10.1. The molecule has 1 radical (unpaired) electrons. The van der Waals surface area contributed by atoms with Crippen LogP contribution in [0.2, 0.25) is 0 Å². The molecule has 0 aromatic heterocycles. The Morgan fingerprint density at radius 3 is 2.55 bits per heavy atom. The third kappa shape index (κ3) is 3.40. The molecule has 0 bridgehead atoms. The molecule has 1 atom stereocenters. The Balaban J connectivity index is 1.60. The number of amides is 3. The van der Waals surface area contributed by atoms with Crippen LogP contribution in [0.25, 0.3) is 0 Å². The lowest BCUT2D eigenvalue weighted by molar-refractivity contribution is -0.119. The Kier molecular flexibility index (Phi) is 4.32. The summed E-state index contributed by atoms with van der Waals surface area (Å²) in [5, 5.41) is 5.87. The number of nitrogens with one attached hydrogen (secondary N) is 2. The van der Waals surface area contributed by atoms with E-state index >= 15 is 0 Å². The molecular formula is C17H22N3O2. The molecule has 5 heteroatoms. The average Bonchev–Trinajstić information content (AvgIpc) is 3.19. The van der Waals surface area contributed by atoms with Crippen LogP contribution < -0.4 is 10.6 Å². The van der Waals surface area contributed by atoms with Crippen LogP contribution in [0, 0.1) is 6.92 Å². The van der Waals surface area contributed by atoms with Crippen molar-refractivity contribution in [1.82, 2.24) is 10.2 Å². The largest absolute Gasteiger partial charge is 0.335 e. The number of likely N-dealkylation sites (tertiary alicyclic amines) is 1. The number of anilines is 1. The molecule has 22 heavy (non-hydrogen) atoms. The fourth-order valence-electron chi connectivity index (χ4n) is 2.75. The highest BCUT2D eigenvalue weighted by Crippen LogP contribution is 2.23. The van der Waals surface area contributed by atoms with Crippen LogP contribution >= 0.6 is 0 Å². The van der Waals surface area contributed by atoms with E-state index in [-0.39, 0.29) is 18.0 Å². The minimum absolute atomic E-state index is 0.104. The molecule has 1 aliphatic carbocycles. The van der Waals surface area contributed by atoms with Crippen molar-refractivity contribution in [2.75, 3.05) is 11.9 Å². The molecule has 1 saturated heterocycles. The molecule has 2 fully saturated rings. The fraction of sp³-hybridized carbons (Fsp3) is 0.471. The van der Waals surface area contributed by atoms with E-state index in [0.717, 1.165) is 43.4 Å². The summed E-state index contributed by atoms with van der Waals surface area (Å²) in [4.78, 5) is 26.3. The maximum Gasteiger partial charge on any atom is 0.318 e. The SMILES string of the molecule is [CH2]Cc1ccc(NC(=O)[C@H]2CCCN2C(=O)NC2CC2)cc1. The van der Waals surface area contributed by atoms with Gasteiger partial charge in [-0.25, -0.2) is 4.79 Å². The van der Waals surface area contributed by atoms with Crippen LogP contribution in [-0.4, -0.2) is 35.5 Å². The first-order valence-corrected chi connectivity index (χ1v) is 7.93. The zero-order chi connectivity index (χ0) is 15.5. The van der Waals surface area contributed by atoms with Gasteiger partial charge in [0.1, 0.15) is 6.04 Å². The van der Waals surface area contributed by atoms with Crippen molar-refractivity contribution in [3.05, 3.63) is 36.8 Å². The third-order valence-corrected chi connectivity index (χ3v) is 4.23. The molecule has 1 aliphatic heterocycles. The second kappa shape index (κ2) is 6.38. The van der Waals surface area contributed by atoms with Gasteiger partial charge >= 0.3 is 6.03 Å². The maximum absolute atomic E-state index is 12.4. The van der Waals surface area contributed by atoms with Crippen molar-refractivity contribution < 1.29 is 9.59 Å². The van der Waals surface area contributed by atoms with Crippen LogP contribution in [-0.2, 0) is 11.2 Å². The summed E-state index contributed by atoms with van der Waals surface area (Å²) in [6, 6.07) is 7.50. The summed E-state index contributed by atoms with van der Waals surface area (Å²) in [5.74, 6) is -0.106. The molecular weight excluding hydrogens is 278 g/mol. The fourth-order valence-corrected chi connectivity index (χ4v) is 2.75. The van der Waals surface area contributed by atoms with Gasteiger partial charge in [-0.1, -0.05) is 12.1 Å². The number of hydrogen-bond donors (Lipinski definition) is 2. The standard InChI is InChI=1S/C17H22N3O2/c1-2-12-5-7-13(8-6-12)18-16(21)15-4-3-11-20(15)17(22)19-14-9-10-14/h5-8,14-15H,1-4,9-11H2,(H,18,21)(H,19,22)/t15-/m1/s1. The number of urea groups is 1. The normalized spacial score (nSPS) is 20.8. The summed E-state index contributed by atoms with van der Waals surface area (Å²) in [7, 11) is 0. The van der Waals surface area contributed by atoms with Crippen LogP contribution in [0.5, 0.6) is 0 Å². The molecule has 1 saturated carbocycles. The lowest BCUT2D eigenvalue weighted by Gasteiger charge is -2.24. The zero-order valence-electron chi connectivity index (χ0n) is 12.7. The predicted octanol–water partition coefficient (Wildman–Crippen LogP) is 2.34. The van der Waals surface area contributed by atoms with Crippen molar-refractivity contribution >= 4 is 17.6 Å². The van der Waals surface area contributed by atoms with Gasteiger partial charge in [0, 0.05) is 18.3 Å². The highest BCUT2D eigenvalue weighted by atomic mass is 16.2. The van der Waals surface area contributed by atoms with Gasteiger partial charge < -0.3 is 15.5 Å². The van der Waals surface area contributed by atoms with Gasteiger partial charge in [0.25, 0.3) is 0 Å². The van der Waals surface area contributed by atoms with Gasteiger partial charge in [-0.2, -0.15) is 0 Å². The average molecular weight is 300 g/mol. The Morgan fingerprint density at radius 2 is 1.91 bits per heavy atom. The quantitative estimate of drug-likeness (QED) is 0.896. The van der Waals surface area contributed by atoms with Crippen LogP contribution in [0.4, 0.5) is 10.5 Å². The van der Waals surface area contributed by atoms with E-state index < -0.39 is 0 Å². The van der Waals surface area contributed by atoms with E-state index in [4.69, 9.17) is 0 Å². The number of hydrogen-bond acceptors (Lipinski definition) is 2. The Hall–Kier alpha value is -2.04. The van der Waals surface area contributed by atoms with Crippen molar-refractivity contribution in [3.63, 3.8) is 0 Å². The summed E-state index contributed by atoms with van der Waals surface area (Å²) in [6.45, 7) is 4.48. The topological polar surface area (TPSA) is 61.4 Å². The Morgan fingerprint density at radius 1 is 1.18 bits per heavy atom. The Labute approximate surface area is 131 Å². The van der Waals surface area contributed by atoms with Gasteiger partial charge in [-0.15, -0.1) is 0 Å². The van der Waals surface area contributed by atoms with E-state index in [9.17, 15) is 9.59 Å². The van der Waals surface area contributed by atoms with Crippen molar-refractivity contribution in [3.8, 4) is 0 Å². The highest BCUT2D eigenvalue weighted by Gasteiger charge is 2.36. The molecule has 1 aromatic rings. The van der Waals surface area contributed by atoms with E-state index in [0.29, 0.717) is 12.6 Å². The molecule has 2 aliphatic rings. The number of carbonyl (C=O) groups is 2. The highest BCUT2D eigenvalue weighted by molar-refractivity contribution is 5.97. The molecule has 3 rings (SSSR count). The van der Waals surface area contributed by atoms with Crippen molar-refractivity contribution in [2.24, 2.45) is 0 Å². The first kappa shape index (κ1) is 14.9. The van der Waals surface area contributed by atoms with Crippen LogP contribution in [0.15, 0.2) is 24.3 Å². The molecule has 117 valence electrons. The maximum atomic E-state index is 12.4. The number of benzene rings is 1. The van der Waals surface area contributed by atoms with Crippen LogP contribution in [0.3, 0.4) is 0 Å². The molecule has 1 heterocycles. The van der Waals surface area contributed by atoms with Gasteiger partial charge in [0.2, 0.25) is 5.91 Å². The monoisotopic (exact) mass is 300 g/mol. The van der Waals surface area contributed by atoms with Crippen LogP contribution in [0.1, 0.15) is 31.2 Å². The second-order valence-electron chi connectivity index (χ2n) is 6.01. The predicted molar refractivity (Wildman–Crippen MR) is 85.4 cm³/mol. The van der Waals surface area contributed by atoms with Crippen molar-refractivity contribution in [2.45, 2.75) is 44.2 Å². The zero-order valence-corrected chi connectivity index (χ0v) is 12.7. The first-order chi connectivity index (χ1) is 10.7. The smallest absolute Gasteiger partial charge is 0.318 e. The van der Waals surface area contributed by atoms with E-state index in [1.165, 1.54) is 0 Å². The Bertz CT molecular complexity index is 552. The first-order valence-electron chi connectivity index (χ1n) is 7.93. The minimum atomic E-state index is -0.369. The van der Waals surface area contributed by atoms with Gasteiger partial charge in [0.15, 0.2) is 0 Å². The number of nitrogens with zero attached hydrogens (tertiary/aromatic N) is 1. The molecule has 0 unspecified atom stereocenters. The summed E-state index contributed by atoms with van der Waals surface area (Å²) in [6.07, 6.45) is 4.42. The van der Waals surface area contributed by atoms with E-state index in [1.54, 1.807) is 4.90 Å². The molecule has 1 aromatic carbocycles. The van der Waals surface area contributed by atoms with Gasteiger partial charge in [0.05, 0.1) is 0 Å². The molecule has 0 spiro atoms. The number of carbonyl (C=O) groups excluding carboxylic acids is 2. The molecule has 2 N–H and O–H groups in total. The second-order valence-corrected chi connectivity index (χ2v) is 6.01. The minimum Gasteiger partial charge on any atom is -0.335 e. The third-order valence-electron chi connectivity index (χ3n) is 4.23. The van der Waals surface area contributed by atoms with Gasteiger partial charge in [-0.05, 0) is 56.7 Å². The lowest BCUT2D eigenvalue weighted by Crippen LogP contribution is -2.48.